The first-order valence-electron chi connectivity index (χ1n) is 5.51. The predicted octanol–water partition coefficient (Wildman–Crippen LogP) is 4.17. The van der Waals surface area contributed by atoms with Gasteiger partial charge in [-0.05, 0) is 34.5 Å². The van der Waals surface area contributed by atoms with Crippen molar-refractivity contribution in [1.29, 1.82) is 0 Å². The molecule has 0 fully saturated rings. The highest BCUT2D eigenvalue weighted by Gasteiger charge is 2.15. The zero-order chi connectivity index (χ0) is 13.0. The van der Waals surface area contributed by atoms with Crippen molar-refractivity contribution in [2.24, 2.45) is 5.92 Å². The number of nitrogen functional groups attached to an aromatic ring is 1. The number of halogens is 2. The van der Waals surface area contributed by atoms with Crippen LogP contribution in [0.4, 0.5) is 11.4 Å². The van der Waals surface area contributed by atoms with Gasteiger partial charge in [0, 0.05) is 14.9 Å². The number of hydrogen-bond acceptors (Lipinski definition) is 2. The number of anilines is 2. The van der Waals surface area contributed by atoms with Gasteiger partial charge < -0.3 is 11.1 Å². The van der Waals surface area contributed by atoms with Crippen LogP contribution in [-0.2, 0) is 4.79 Å². The highest BCUT2D eigenvalue weighted by atomic mass is 79.9. The second kappa shape index (κ2) is 6.40. The molecule has 1 rings (SSSR count). The van der Waals surface area contributed by atoms with E-state index in [1.54, 1.807) is 6.07 Å². The lowest BCUT2D eigenvalue weighted by atomic mass is 10.1. The first kappa shape index (κ1) is 14.5. The zero-order valence-electron chi connectivity index (χ0n) is 9.89. The standard InChI is InChI=1S/C12H16Br2N2O/c1-3-4-7(2)12(17)16-11-9(14)5-8(13)6-10(11)15/h5-7H,3-4,15H2,1-2H3,(H,16,17). The third kappa shape index (κ3) is 4.00. The number of nitrogens with two attached hydrogens (primary N) is 1. The SMILES string of the molecule is CCCC(C)C(=O)Nc1c(N)cc(Br)cc1Br. The van der Waals surface area contributed by atoms with Gasteiger partial charge in [-0.1, -0.05) is 36.2 Å². The number of benzene rings is 1. The van der Waals surface area contributed by atoms with E-state index in [-0.39, 0.29) is 11.8 Å². The molecule has 0 saturated heterocycles. The molecule has 94 valence electrons. The van der Waals surface area contributed by atoms with E-state index in [0.717, 1.165) is 21.8 Å². The smallest absolute Gasteiger partial charge is 0.227 e. The van der Waals surface area contributed by atoms with Gasteiger partial charge in [-0.3, -0.25) is 4.79 Å². The number of amides is 1. The topological polar surface area (TPSA) is 55.1 Å². The molecule has 3 nitrogen and oxygen atoms in total. The van der Waals surface area contributed by atoms with Crippen LogP contribution < -0.4 is 11.1 Å². The first-order chi connectivity index (χ1) is 7.95. The maximum absolute atomic E-state index is 11.9. The fourth-order valence-electron chi connectivity index (χ4n) is 1.54. The van der Waals surface area contributed by atoms with E-state index in [1.165, 1.54) is 0 Å². The summed E-state index contributed by atoms with van der Waals surface area (Å²) in [7, 11) is 0. The Balaban J connectivity index is 2.85. The summed E-state index contributed by atoms with van der Waals surface area (Å²) in [6.45, 7) is 3.98. The Morgan fingerprint density at radius 1 is 1.47 bits per heavy atom. The van der Waals surface area contributed by atoms with E-state index in [1.807, 2.05) is 13.0 Å². The second-order valence-electron chi connectivity index (χ2n) is 4.03. The summed E-state index contributed by atoms with van der Waals surface area (Å²) in [4.78, 5) is 11.9. The largest absolute Gasteiger partial charge is 0.397 e. The molecule has 0 aliphatic rings. The maximum Gasteiger partial charge on any atom is 0.227 e. The molecule has 1 amide bonds. The van der Waals surface area contributed by atoms with Crippen molar-refractivity contribution >= 4 is 49.1 Å². The lowest BCUT2D eigenvalue weighted by Crippen LogP contribution is -2.21. The van der Waals surface area contributed by atoms with Crippen LogP contribution in [0.5, 0.6) is 0 Å². The van der Waals surface area contributed by atoms with Crippen molar-refractivity contribution in [2.45, 2.75) is 26.7 Å². The van der Waals surface area contributed by atoms with E-state index in [0.29, 0.717) is 11.4 Å². The first-order valence-corrected chi connectivity index (χ1v) is 7.09. The van der Waals surface area contributed by atoms with Crippen LogP contribution >= 0.6 is 31.9 Å². The van der Waals surface area contributed by atoms with Gasteiger partial charge in [0.15, 0.2) is 0 Å². The molecular weight excluding hydrogens is 348 g/mol. The number of carbonyl (C=O) groups excluding carboxylic acids is 1. The summed E-state index contributed by atoms with van der Waals surface area (Å²) in [5.74, 6) is -0.00322. The Hall–Kier alpha value is -0.550. The van der Waals surface area contributed by atoms with Crippen molar-refractivity contribution in [3.05, 3.63) is 21.1 Å². The molecule has 0 heterocycles. The van der Waals surface area contributed by atoms with Gasteiger partial charge in [-0.25, -0.2) is 0 Å². The van der Waals surface area contributed by atoms with Crippen molar-refractivity contribution in [3.8, 4) is 0 Å². The Morgan fingerprint density at radius 2 is 2.12 bits per heavy atom. The van der Waals surface area contributed by atoms with Crippen LogP contribution in [0.25, 0.3) is 0 Å². The Kier molecular flexibility index (Phi) is 5.46. The Morgan fingerprint density at radius 3 is 2.65 bits per heavy atom. The monoisotopic (exact) mass is 362 g/mol. The maximum atomic E-state index is 11.9. The van der Waals surface area contributed by atoms with E-state index >= 15 is 0 Å². The number of carbonyl (C=O) groups is 1. The molecule has 0 radical (unpaired) electrons. The Bertz CT molecular complexity index is 398. The minimum atomic E-state index is -0.00468. The van der Waals surface area contributed by atoms with Gasteiger partial charge >= 0.3 is 0 Å². The van der Waals surface area contributed by atoms with Crippen LogP contribution in [-0.4, -0.2) is 5.91 Å². The summed E-state index contributed by atoms with van der Waals surface area (Å²) in [5.41, 5.74) is 7.05. The van der Waals surface area contributed by atoms with Crippen molar-refractivity contribution in [1.82, 2.24) is 0 Å². The van der Waals surface area contributed by atoms with Gasteiger partial charge in [-0.15, -0.1) is 0 Å². The van der Waals surface area contributed by atoms with E-state index in [2.05, 4.69) is 44.1 Å². The summed E-state index contributed by atoms with van der Waals surface area (Å²) < 4.78 is 1.66. The second-order valence-corrected chi connectivity index (χ2v) is 5.80. The van der Waals surface area contributed by atoms with Crippen LogP contribution in [0.3, 0.4) is 0 Å². The molecule has 0 spiro atoms. The number of rotatable bonds is 4. The van der Waals surface area contributed by atoms with E-state index < -0.39 is 0 Å². The van der Waals surface area contributed by atoms with Gasteiger partial charge in [0.25, 0.3) is 0 Å². The lowest BCUT2D eigenvalue weighted by molar-refractivity contribution is -0.119. The molecule has 1 atom stereocenters. The number of hydrogen-bond donors (Lipinski definition) is 2. The zero-order valence-corrected chi connectivity index (χ0v) is 13.1. The van der Waals surface area contributed by atoms with Crippen LogP contribution in [0.2, 0.25) is 0 Å². The van der Waals surface area contributed by atoms with Crippen molar-refractivity contribution in [2.75, 3.05) is 11.1 Å². The molecule has 5 heteroatoms. The minimum absolute atomic E-state index is 0.00146. The van der Waals surface area contributed by atoms with Gasteiger partial charge in [0.05, 0.1) is 11.4 Å². The summed E-state index contributed by atoms with van der Waals surface area (Å²) in [6, 6.07) is 3.63. The molecule has 3 N–H and O–H groups in total. The third-order valence-corrected chi connectivity index (χ3v) is 3.59. The van der Waals surface area contributed by atoms with Gasteiger partial charge in [0.1, 0.15) is 0 Å². The molecule has 0 aliphatic heterocycles. The highest BCUT2D eigenvalue weighted by molar-refractivity contribution is 9.11. The average molecular weight is 364 g/mol. The fourth-order valence-corrected chi connectivity index (χ4v) is 2.89. The van der Waals surface area contributed by atoms with Crippen molar-refractivity contribution < 1.29 is 4.79 Å². The fraction of sp³-hybridized carbons (Fsp3) is 0.417. The summed E-state index contributed by atoms with van der Waals surface area (Å²) in [6.07, 6.45) is 1.87. The predicted molar refractivity (Wildman–Crippen MR) is 79.0 cm³/mol. The van der Waals surface area contributed by atoms with Crippen LogP contribution in [0, 0.1) is 5.92 Å². The highest BCUT2D eigenvalue weighted by Crippen LogP contribution is 2.32. The third-order valence-electron chi connectivity index (χ3n) is 2.50. The minimum Gasteiger partial charge on any atom is -0.397 e. The molecular formula is C12H16Br2N2O. The van der Waals surface area contributed by atoms with Crippen LogP contribution in [0.1, 0.15) is 26.7 Å². The summed E-state index contributed by atoms with van der Waals surface area (Å²) >= 11 is 6.73. The molecule has 17 heavy (non-hydrogen) atoms. The van der Waals surface area contributed by atoms with Gasteiger partial charge in [-0.2, -0.15) is 0 Å². The molecule has 0 saturated carbocycles. The number of nitrogens with one attached hydrogen (secondary N) is 1. The van der Waals surface area contributed by atoms with Crippen molar-refractivity contribution in [3.63, 3.8) is 0 Å². The molecule has 0 aliphatic carbocycles. The lowest BCUT2D eigenvalue weighted by Gasteiger charge is -2.14. The molecule has 1 aromatic carbocycles. The molecule has 1 aromatic rings. The summed E-state index contributed by atoms with van der Waals surface area (Å²) in [5, 5.41) is 2.86. The average Bonchev–Trinajstić information content (AvgIpc) is 2.23. The molecule has 0 aromatic heterocycles. The molecule has 0 bridgehead atoms. The molecule has 1 unspecified atom stereocenters. The quantitative estimate of drug-likeness (QED) is 0.788. The van der Waals surface area contributed by atoms with E-state index in [4.69, 9.17) is 5.73 Å². The van der Waals surface area contributed by atoms with E-state index in [9.17, 15) is 4.79 Å². The Labute approximate surface area is 118 Å². The van der Waals surface area contributed by atoms with Gasteiger partial charge in [0.2, 0.25) is 5.91 Å². The van der Waals surface area contributed by atoms with Crippen LogP contribution in [0.15, 0.2) is 21.1 Å². The normalized spacial score (nSPS) is 12.2.